The standard InChI is InChI=1S/C13H14N2O/c1-9-6-7-10(8-15-9)11-4-3-5-12(14)13(11)16-2/h3-8H,14H2,1-2H3. The molecule has 0 unspecified atom stereocenters. The van der Waals surface area contributed by atoms with Gasteiger partial charge in [0.25, 0.3) is 0 Å². The highest BCUT2D eigenvalue weighted by molar-refractivity contribution is 5.76. The van der Waals surface area contributed by atoms with Gasteiger partial charge in [-0.15, -0.1) is 0 Å². The SMILES string of the molecule is COc1c(N)cccc1-c1ccc(C)nc1. The Morgan fingerprint density at radius 1 is 1.19 bits per heavy atom. The Morgan fingerprint density at radius 2 is 2.00 bits per heavy atom. The third-order valence-corrected chi connectivity index (χ3v) is 2.47. The van der Waals surface area contributed by atoms with Crippen LogP contribution in [0.5, 0.6) is 5.75 Å². The van der Waals surface area contributed by atoms with Gasteiger partial charge in [-0.1, -0.05) is 18.2 Å². The molecule has 0 aliphatic heterocycles. The van der Waals surface area contributed by atoms with E-state index in [0.717, 1.165) is 16.8 Å². The average molecular weight is 214 g/mol. The summed E-state index contributed by atoms with van der Waals surface area (Å²) in [5, 5.41) is 0. The van der Waals surface area contributed by atoms with Crippen LogP contribution in [0.1, 0.15) is 5.69 Å². The minimum atomic E-state index is 0.639. The third-order valence-electron chi connectivity index (χ3n) is 2.47. The van der Waals surface area contributed by atoms with Crippen LogP contribution in [0.25, 0.3) is 11.1 Å². The molecule has 1 aromatic carbocycles. The van der Waals surface area contributed by atoms with Crippen molar-refractivity contribution >= 4 is 5.69 Å². The van der Waals surface area contributed by atoms with Crippen LogP contribution in [0.4, 0.5) is 5.69 Å². The van der Waals surface area contributed by atoms with E-state index in [1.54, 1.807) is 7.11 Å². The second-order valence-electron chi connectivity index (χ2n) is 3.62. The molecule has 1 heterocycles. The minimum Gasteiger partial charge on any atom is -0.494 e. The largest absolute Gasteiger partial charge is 0.494 e. The summed E-state index contributed by atoms with van der Waals surface area (Å²) < 4.78 is 5.31. The number of aryl methyl sites for hydroxylation is 1. The predicted molar refractivity (Wildman–Crippen MR) is 65.4 cm³/mol. The number of methoxy groups -OCH3 is 1. The number of rotatable bonds is 2. The smallest absolute Gasteiger partial charge is 0.149 e. The van der Waals surface area contributed by atoms with Crippen molar-refractivity contribution in [3.05, 3.63) is 42.2 Å². The highest BCUT2D eigenvalue weighted by atomic mass is 16.5. The molecule has 0 spiro atoms. The van der Waals surface area contributed by atoms with Crippen LogP contribution in [0.15, 0.2) is 36.5 Å². The van der Waals surface area contributed by atoms with Crippen LogP contribution in [-0.4, -0.2) is 12.1 Å². The molecular formula is C13H14N2O. The summed E-state index contributed by atoms with van der Waals surface area (Å²) in [6.45, 7) is 1.96. The van der Waals surface area contributed by atoms with Crippen LogP contribution < -0.4 is 10.5 Å². The molecule has 3 heteroatoms. The molecule has 16 heavy (non-hydrogen) atoms. The van der Waals surface area contributed by atoms with Crippen LogP contribution >= 0.6 is 0 Å². The van der Waals surface area contributed by atoms with Gasteiger partial charge in [0.2, 0.25) is 0 Å². The van der Waals surface area contributed by atoms with Crippen molar-refractivity contribution in [2.75, 3.05) is 12.8 Å². The molecule has 0 atom stereocenters. The molecule has 3 nitrogen and oxygen atoms in total. The summed E-state index contributed by atoms with van der Waals surface area (Å²) in [5.74, 6) is 0.702. The van der Waals surface area contributed by atoms with E-state index in [2.05, 4.69) is 4.98 Å². The summed E-state index contributed by atoms with van der Waals surface area (Å²) >= 11 is 0. The van der Waals surface area contributed by atoms with Crippen molar-refractivity contribution in [3.8, 4) is 16.9 Å². The van der Waals surface area contributed by atoms with E-state index in [4.69, 9.17) is 10.5 Å². The zero-order valence-corrected chi connectivity index (χ0v) is 9.40. The quantitative estimate of drug-likeness (QED) is 0.782. The maximum absolute atomic E-state index is 5.85. The summed E-state index contributed by atoms with van der Waals surface area (Å²) in [4.78, 5) is 4.26. The average Bonchev–Trinajstić information content (AvgIpc) is 2.30. The summed E-state index contributed by atoms with van der Waals surface area (Å²) in [7, 11) is 1.62. The topological polar surface area (TPSA) is 48.1 Å². The molecule has 82 valence electrons. The van der Waals surface area contributed by atoms with Gasteiger partial charge in [-0.05, 0) is 19.1 Å². The number of anilines is 1. The number of ether oxygens (including phenoxy) is 1. The second kappa shape index (κ2) is 4.23. The number of para-hydroxylation sites is 1. The molecule has 2 aromatic rings. The molecule has 2 N–H and O–H groups in total. The fourth-order valence-electron chi connectivity index (χ4n) is 1.64. The Balaban J connectivity index is 2.55. The fraction of sp³-hybridized carbons (Fsp3) is 0.154. The van der Waals surface area contributed by atoms with Gasteiger partial charge >= 0.3 is 0 Å². The van der Waals surface area contributed by atoms with E-state index in [1.165, 1.54) is 0 Å². The number of pyridine rings is 1. The first kappa shape index (κ1) is 10.5. The molecule has 0 aliphatic rings. The Hall–Kier alpha value is -2.03. The van der Waals surface area contributed by atoms with E-state index >= 15 is 0 Å². The lowest BCUT2D eigenvalue weighted by Crippen LogP contribution is -1.95. The molecular weight excluding hydrogens is 200 g/mol. The first-order valence-corrected chi connectivity index (χ1v) is 5.08. The van der Waals surface area contributed by atoms with Crippen molar-refractivity contribution in [2.45, 2.75) is 6.92 Å². The van der Waals surface area contributed by atoms with E-state index < -0.39 is 0 Å². The van der Waals surface area contributed by atoms with Crippen molar-refractivity contribution in [3.63, 3.8) is 0 Å². The maximum atomic E-state index is 5.85. The van der Waals surface area contributed by atoms with E-state index in [-0.39, 0.29) is 0 Å². The Morgan fingerprint density at radius 3 is 2.62 bits per heavy atom. The highest BCUT2D eigenvalue weighted by Gasteiger charge is 2.08. The number of nitrogens with two attached hydrogens (primary N) is 1. The molecule has 0 saturated carbocycles. The Kier molecular flexibility index (Phi) is 2.77. The van der Waals surface area contributed by atoms with Gasteiger partial charge in [0, 0.05) is 23.0 Å². The molecule has 2 rings (SSSR count). The number of hydrogen-bond donors (Lipinski definition) is 1. The zero-order chi connectivity index (χ0) is 11.5. The van der Waals surface area contributed by atoms with Gasteiger partial charge in [0.15, 0.2) is 0 Å². The summed E-state index contributed by atoms with van der Waals surface area (Å²) in [5.41, 5.74) is 9.46. The van der Waals surface area contributed by atoms with E-state index in [0.29, 0.717) is 11.4 Å². The Labute approximate surface area is 94.9 Å². The minimum absolute atomic E-state index is 0.639. The molecule has 0 bridgehead atoms. The molecule has 0 saturated heterocycles. The van der Waals surface area contributed by atoms with E-state index in [1.807, 2.05) is 43.5 Å². The van der Waals surface area contributed by atoms with Crippen LogP contribution in [0.3, 0.4) is 0 Å². The zero-order valence-electron chi connectivity index (χ0n) is 9.40. The lowest BCUT2D eigenvalue weighted by molar-refractivity contribution is 0.418. The van der Waals surface area contributed by atoms with Gasteiger partial charge in [-0.2, -0.15) is 0 Å². The Bertz CT molecular complexity index is 492. The molecule has 0 amide bonds. The third kappa shape index (κ3) is 1.84. The number of aromatic nitrogens is 1. The van der Waals surface area contributed by atoms with Crippen molar-refractivity contribution in [1.82, 2.24) is 4.98 Å². The molecule has 0 fully saturated rings. The van der Waals surface area contributed by atoms with Crippen molar-refractivity contribution in [2.24, 2.45) is 0 Å². The normalized spacial score (nSPS) is 10.1. The molecule has 0 radical (unpaired) electrons. The van der Waals surface area contributed by atoms with Crippen LogP contribution in [0, 0.1) is 6.92 Å². The van der Waals surface area contributed by atoms with Crippen LogP contribution in [0.2, 0.25) is 0 Å². The van der Waals surface area contributed by atoms with Crippen molar-refractivity contribution in [1.29, 1.82) is 0 Å². The van der Waals surface area contributed by atoms with E-state index in [9.17, 15) is 0 Å². The van der Waals surface area contributed by atoms with Crippen LogP contribution in [-0.2, 0) is 0 Å². The van der Waals surface area contributed by atoms with Gasteiger partial charge in [0.05, 0.1) is 12.8 Å². The van der Waals surface area contributed by atoms with Gasteiger partial charge in [0.1, 0.15) is 5.75 Å². The number of nitrogens with zero attached hydrogens (tertiary/aromatic N) is 1. The lowest BCUT2D eigenvalue weighted by atomic mass is 10.1. The summed E-state index contributed by atoms with van der Waals surface area (Å²) in [6, 6.07) is 9.69. The first-order valence-electron chi connectivity index (χ1n) is 5.08. The van der Waals surface area contributed by atoms with Gasteiger partial charge in [-0.3, -0.25) is 4.98 Å². The maximum Gasteiger partial charge on any atom is 0.149 e. The van der Waals surface area contributed by atoms with Crippen molar-refractivity contribution < 1.29 is 4.74 Å². The molecule has 1 aromatic heterocycles. The number of benzene rings is 1. The fourth-order valence-corrected chi connectivity index (χ4v) is 1.64. The summed E-state index contributed by atoms with van der Waals surface area (Å²) in [6.07, 6.45) is 1.83. The second-order valence-corrected chi connectivity index (χ2v) is 3.62. The lowest BCUT2D eigenvalue weighted by Gasteiger charge is -2.10. The first-order chi connectivity index (χ1) is 7.72. The monoisotopic (exact) mass is 214 g/mol. The predicted octanol–water partition coefficient (Wildman–Crippen LogP) is 2.65. The number of nitrogen functional groups attached to an aromatic ring is 1. The highest BCUT2D eigenvalue weighted by Crippen LogP contribution is 2.34. The van der Waals surface area contributed by atoms with Gasteiger partial charge in [-0.25, -0.2) is 0 Å². The molecule has 0 aliphatic carbocycles. The van der Waals surface area contributed by atoms with Gasteiger partial charge < -0.3 is 10.5 Å². The number of hydrogen-bond acceptors (Lipinski definition) is 3.